The summed E-state index contributed by atoms with van der Waals surface area (Å²) < 4.78 is 10.8. The summed E-state index contributed by atoms with van der Waals surface area (Å²) in [4.78, 5) is 12.5. The lowest BCUT2D eigenvalue weighted by molar-refractivity contribution is 0.0923. The molecule has 5 nitrogen and oxygen atoms in total. The maximum absolute atomic E-state index is 12.5. The molecule has 2 aliphatic rings. The van der Waals surface area contributed by atoms with E-state index in [1.165, 1.54) is 12.8 Å². The molecule has 2 unspecified atom stereocenters. The van der Waals surface area contributed by atoms with Crippen molar-refractivity contribution < 1.29 is 14.3 Å². The Bertz CT molecular complexity index is 582. The fraction of sp³-hybridized carbons (Fsp3) is 0.500. The Balaban J connectivity index is 0.00000208. The molecule has 0 saturated carbocycles. The van der Waals surface area contributed by atoms with E-state index in [0.717, 1.165) is 12.8 Å². The fourth-order valence-corrected chi connectivity index (χ4v) is 3.52. The van der Waals surface area contributed by atoms with Crippen molar-refractivity contribution in [2.75, 3.05) is 13.7 Å². The first kappa shape index (κ1) is 18.6. The summed E-state index contributed by atoms with van der Waals surface area (Å²) in [5.74, 6) is 1.12. The number of rotatable bonds is 6. The Morgan fingerprint density at radius 1 is 1.33 bits per heavy atom. The SMILES string of the molecule is C=CCOc1ccc(C(=O)NC2CC3CCC(C2)N3)cc1OC.Cl. The van der Waals surface area contributed by atoms with E-state index in [9.17, 15) is 4.79 Å². The highest BCUT2D eigenvalue weighted by Crippen LogP contribution is 2.29. The first-order chi connectivity index (χ1) is 11.2. The van der Waals surface area contributed by atoms with Crippen molar-refractivity contribution >= 4 is 18.3 Å². The Morgan fingerprint density at radius 2 is 2.04 bits per heavy atom. The first-order valence-corrected chi connectivity index (χ1v) is 8.18. The standard InChI is InChI=1S/C18H24N2O3.ClH/c1-3-8-23-16-7-4-12(9-17(16)22-2)18(21)20-15-10-13-5-6-14(11-15)19-13;/h3-4,7,9,13-15,19H,1,5-6,8,10-11H2,2H3,(H,20,21);1H. The molecule has 1 amide bonds. The van der Waals surface area contributed by atoms with Gasteiger partial charge < -0.3 is 20.1 Å². The van der Waals surface area contributed by atoms with Crippen molar-refractivity contribution in [3.8, 4) is 11.5 Å². The van der Waals surface area contributed by atoms with Gasteiger partial charge in [-0.25, -0.2) is 0 Å². The van der Waals surface area contributed by atoms with Gasteiger partial charge in [-0.1, -0.05) is 12.7 Å². The topological polar surface area (TPSA) is 59.6 Å². The summed E-state index contributed by atoms with van der Waals surface area (Å²) in [7, 11) is 1.57. The predicted molar refractivity (Wildman–Crippen MR) is 96.4 cm³/mol. The van der Waals surface area contributed by atoms with Crippen molar-refractivity contribution in [1.82, 2.24) is 10.6 Å². The highest BCUT2D eigenvalue weighted by Gasteiger charge is 2.34. The second kappa shape index (κ2) is 8.40. The number of hydrogen-bond donors (Lipinski definition) is 2. The largest absolute Gasteiger partial charge is 0.493 e. The first-order valence-electron chi connectivity index (χ1n) is 8.18. The van der Waals surface area contributed by atoms with E-state index in [0.29, 0.717) is 35.8 Å². The van der Waals surface area contributed by atoms with Crippen LogP contribution >= 0.6 is 12.4 Å². The van der Waals surface area contributed by atoms with Gasteiger partial charge in [-0.15, -0.1) is 12.4 Å². The van der Waals surface area contributed by atoms with E-state index >= 15 is 0 Å². The molecular formula is C18H25ClN2O3. The van der Waals surface area contributed by atoms with E-state index in [-0.39, 0.29) is 24.4 Å². The number of halogens is 1. The molecule has 2 atom stereocenters. The Morgan fingerprint density at radius 3 is 2.67 bits per heavy atom. The molecule has 2 heterocycles. The van der Waals surface area contributed by atoms with Crippen LogP contribution in [0.25, 0.3) is 0 Å². The lowest BCUT2D eigenvalue weighted by atomic mass is 9.99. The molecule has 1 aromatic rings. The lowest BCUT2D eigenvalue weighted by Gasteiger charge is -2.29. The van der Waals surface area contributed by atoms with Gasteiger partial charge in [0, 0.05) is 23.7 Å². The Labute approximate surface area is 149 Å². The number of carbonyl (C=O) groups excluding carboxylic acids is 1. The van der Waals surface area contributed by atoms with Crippen molar-refractivity contribution in [1.29, 1.82) is 0 Å². The van der Waals surface area contributed by atoms with Crippen LogP contribution in [0, 0.1) is 0 Å². The number of benzene rings is 1. The van der Waals surface area contributed by atoms with E-state index in [1.54, 1.807) is 31.4 Å². The highest BCUT2D eigenvalue weighted by molar-refractivity contribution is 5.95. The van der Waals surface area contributed by atoms with Crippen LogP contribution < -0.4 is 20.1 Å². The van der Waals surface area contributed by atoms with Crippen LogP contribution in [0.2, 0.25) is 0 Å². The van der Waals surface area contributed by atoms with Crippen molar-refractivity contribution in [2.24, 2.45) is 0 Å². The predicted octanol–water partition coefficient (Wildman–Crippen LogP) is 2.69. The highest BCUT2D eigenvalue weighted by atomic mass is 35.5. The zero-order valence-electron chi connectivity index (χ0n) is 13.9. The molecule has 2 fully saturated rings. The third kappa shape index (κ3) is 4.22. The second-order valence-corrected chi connectivity index (χ2v) is 6.24. The summed E-state index contributed by atoms with van der Waals surface area (Å²) in [5.41, 5.74) is 0.596. The molecule has 24 heavy (non-hydrogen) atoms. The lowest BCUT2D eigenvalue weighted by Crippen LogP contribution is -2.48. The van der Waals surface area contributed by atoms with Gasteiger partial charge in [0.05, 0.1) is 7.11 Å². The molecule has 2 saturated heterocycles. The van der Waals surface area contributed by atoms with Crippen LogP contribution in [-0.4, -0.2) is 37.7 Å². The van der Waals surface area contributed by atoms with Crippen molar-refractivity contribution in [2.45, 2.75) is 43.8 Å². The Hall–Kier alpha value is -1.72. The van der Waals surface area contributed by atoms with E-state index < -0.39 is 0 Å². The minimum atomic E-state index is -0.0510. The van der Waals surface area contributed by atoms with Gasteiger partial charge >= 0.3 is 0 Å². The molecule has 0 aliphatic carbocycles. The molecule has 2 bridgehead atoms. The maximum Gasteiger partial charge on any atom is 0.251 e. The van der Waals surface area contributed by atoms with Crippen molar-refractivity contribution in [3.63, 3.8) is 0 Å². The van der Waals surface area contributed by atoms with E-state index in [1.807, 2.05) is 0 Å². The molecule has 6 heteroatoms. The molecule has 2 aliphatic heterocycles. The van der Waals surface area contributed by atoms with Gasteiger partial charge in [0.15, 0.2) is 11.5 Å². The number of nitrogens with one attached hydrogen (secondary N) is 2. The van der Waals surface area contributed by atoms with Crippen molar-refractivity contribution in [3.05, 3.63) is 36.4 Å². The van der Waals surface area contributed by atoms with Gasteiger partial charge in [-0.3, -0.25) is 4.79 Å². The molecule has 0 aromatic heterocycles. The molecular weight excluding hydrogens is 328 g/mol. The minimum Gasteiger partial charge on any atom is -0.493 e. The van der Waals surface area contributed by atoms with Gasteiger partial charge in [-0.05, 0) is 43.9 Å². The average molecular weight is 353 g/mol. The number of amides is 1. The third-order valence-electron chi connectivity index (χ3n) is 4.59. The van der Waals surface area contributed by atoms with Gasteiger partial charge in [0.1, 0.15) is 6.61 Å². The van der Waals surface area contributed by atoms with Crippen LogP contribution in [0.5, 0.6) is 11.5 Å². The molecule has 0 spiro atoms. The molecule has 3 rings (SSSR count). The molecule has 0 radical (unpaired) electrons. The smallest absolute Gasteiger partial charge is 0.251 e. The minimum absolute atomic E-state index is 0. The summed E-state index contributed by atoms with van der Waals surface area (Å²) in [6, 6.07) is 6.63. The van der Waals surface area contributed by atoms with Crippen LogP contribution in [0.1, 0.15) is 36.0 Å². The van der Waals surface area contributed by atoms with Gasteiger partial charge in [-0.2, -0.15) is 0 Å². The van der Waals surface area contributed by atoms with Gasteiger partial charge in [0.25, 0.3) is 5.91 Å². The van der Waals surface area contributed by atoms with E-state index in [4.69, 9.17) is 9.47 Å². The summed E-state index contributed by atoms with van der Waals surface area (Å²) in [6.07, 6.45) is 6.14. The third-order valence-corrected chi connectivity index (χ3v) is 4.59. The molecule has 132 valence electrons. The average Bonchev–Trinajstić information content (AvgIpc) is 2.91. The second-order valence-electron chi connectivity index (χ2n) is 6.24. The summed E-state index contributed by atoms with van der Waals surface area (Å²) in [5, 5.41) is 6.74. The van der Waals surface area contributed by atoms with E-state index in [2.05, 4.69) is 17.2 Å². The number of carbonyl (C=O) groups is 1. The van der Waals surface area contributed by atoms with Crippen LogP contribution in [0.15, 0.2) is 30.9 Å². The number of piperidine rings is 1. The normalized spacial score (nSPS) is 24.6. The zero-order chi connectivity index (χ0) is 16.2. The number of methoxy groups -OCH3 is 1. The van der Waals surface area contributed by atoms with Crippen LogP contribution in [0.4, 0.5) is 0 Å². The van der Waals surface area contributed by atoms with Crippen LogP contribution in [-0.2, 0) is 0 Å². The Kier molecular flexibility index (Phi) is 6.52. The monoisotopic (exact) mass is 352 g/mol. The van der Waals surface area contributed by atoms with Gasteiger partial charge in [0.2, 0.25) is 0 Å². The quantitative estimate of drug-likeness (QED) is 0.773. The maximum atomic E-state index is 12.5. The summed E-state index contributed by atoms with van der Waals surface area (Å²) >= 11 is 0. The molecule has 1 aromatic carbocycles. The molecule has 2 N–H and O–H groups in total. The number of hydrogen-bond acceptors (Lipinski definition) is 4. The summed E-state index contributed by atoms with van der Waals surface area (Å²) in [6.45, 7) is 4.03. The fourth-order valence-electron chi connectivity index (χ4n) is 3.52. The zero-order valence-corrected chi connectivity index (χ0v) is 14.7. The number of ether oxygens (including phenoxy) is 2. The van der Waals surface area contributed by atoms with Crippen LogP contribution in [0.3, 0.4) is 0 Å². The number of fused-ring (bicyclic) bond motifs is 2.